The van der Waals surface area contributed by atoms with Gasteiger partial charge in [-0.05, 0) is 65.4 Å². The van der Waals surface area contributed by atoms with E-state index >= 15 is 0 Å². The average molecular weight is 700 g/mol. The van der Waals surface area contributed by atoms with Gasteiger partial charge in [-0.15, -0.1) is 18.2 Å². The lowest BCUT2D eigenvalue weighted by molar-refractivity contribution is -0.152. The summed E-state index contributed by atoms with van der Waals surface area (Å²) in [7, 11) is -3.99. The Morgan fingerprint density at radius 1 is 1.10 bits per heavy atom. The predicted molar refractivity (Wildman–Crippen MR) is 179 cm³/mol. The highest BCUT2D eigenvalue weighted by atomic mass is 35.5. The van der Waals surface area contributed by atoms with Gasteiger partial charge in [-0.2, -0.15) is 0 Å². The zero-order valence-corrected chi connectivity index (χ0v) is 28.8. The first-order valence-corrected chi connectivity index (χ1v) is 17.8. The number of aromatic nitrogens is 2. The van der Waals surface area contributed by atoms with Crippen LogP contribution in [0.1, 0.15) is 45.4 Å². The molecular formula is C35H42ClN3O8S. The molecule has 13 heteroatoms. The van der Waals surface area contributed by atoms with Crippen molar-refractivity contribution in [1.29, 1.82) is 0 Å². The van der Waals surface area contributed by atoms with Gasteiger partial charge >= 0.3 is 11.9 Å². The number of nitrogens with zero attached hydrogens (tertiary/aromatic N) is 3. The Bertz CT molecular complexity index is 1650. The number of likely N-dealkylation sites (tertiary alicyclic amines) is 1. The molecule has 1 aliphatic heterocycles. The fourth-order valence-corrected chi connectivity index (χ4v) is 7.49. The number of benzene rings is 1. The maximum Gasteiger partial charge on any atom is 0.307 e. The van der Waals surface area contributed by atoms with Gasteiger partial charge in [0, 0.05) is 25.5 Å². The molecule has 0 spiro atoms. The summed E-state index contributed by atoms with van der Waals surface area (Å²) in [5, 5.41) is 6.47. The van der Waals surface area contributed by atoms with Crippen LogP contribution in [-0.2, 0) is 28.9 Å². The fourth-order valence-electron chi connectivity index (χ4n) is 6.11. The lowest BCUT2D eigenvalue weighted by atomic mass is 9.61. The lowest BCUT2D eigenvalue weighted by Gasteiger charge is -2.44. The number of ether oxygens (including phenoxy) is 3. The molecule has 2 aromatic rings. The molecule has 2 aliphatic rings. The number of allylic oxidation sites excluding steroid dienone is 2. The van der Waals surface area contributed by atoms with Crippen molar-refractivity contribution >= 4 is 33.4 Å². The molecule has 1 aromatic carbocycles. The lowest BCUT2D eigenvalue weighted by Crippen LogP contribution is -2.36. The highest BCUT2D eigenvalue weighted by Crippen LogP contribution is 2.49. The van der Waals surface area contributed by atoms with Crippen molar-refractivity contribution in [2.75, 3.05) is 38.7 Å². The summed E-state index contributed by atoms with van der Waals surface area (Å²) in [4.78, 5) is 26.8. The summed E-state index contributed by atoms with van der Waals surface area (Å²) in [6.45, 7) is 16.6. The second-order valence-electron chi connectivity index (χ2n) is 12.3. The van der Waals surface area contributed by atoms with Crippen LogP contribution in [-0.4, -0.2) is 80.4 Å². The van der Waals surface area contributed by atoms with Crippen molar-refractivity contribution < 1.29 is 36.8 Å². The van der Waals surface area contributed by atoms with Crippen LogP contribution in [0.15, 0.2) is 81.8 Å². The standard InChI is InChI=1S/C35H42ClN3O8S/c1-5-35(4)17-15-27(21-30(35)25(2)22-36)26(3)23-39-18-16-28(24-39)46-32(41)14-13-31(40)44-19-9-10-20-45-33-34(38-47-37-33)48(42,43)29-11-7-6-8-12-29/h5-8,11-12,27-28,30H,1-3,13-24H2,4H3/t27-,28?,30+,35-/m1/s1. The van der Waals surface area contributed by atoms with Crippen molar-refractivity contribution in [1.82, 2.24) is 15.2 Å². The number of alkyl halides is 1. The molecule has 1 unspecified atom stereocenters. The summed E-state index contributed by atoms with van der Waals surface area (Å²) < 4.78 is 45.9. The van der Waals surface area contributed by atoms with Crippen LogP contribution >= 0.6 is 11.6 Å². The predicted octanol–water partition coefficient (Wildman–Crippen LogP) is 5.19. The Kier molecular flexibility index (Phi) is 13.0. The summed E-state index contributed by atoms with van der Waals surface area (Å²) in [5.74, 6) is 4.87. The van der Waals surface area contributed by atoms with E-state index in [0.29, 0.717) is 18.3 Å². The number of esters is 2. The third-order valence-corrected chi connectivity index (χ3v) is 11.0. The number of hydrogen-bond acceptors (Lipinski definition) is 11. The molecule has 0 radical (unpaired) electrons. The molecule has 0 bridgehead atoms. The van der Waals surface area contributed by atoms with Gasteiger partial charge in [0.2, 0.25) is 9.84 Å². The number of halogens is 1. The van der Waals surface area contributed by atoms with Gasteiger partial charge < -0.3 is 14.2 Å². The van der Waals surface area contributed by atoms with E-state index in [9.17, 15) is 18.0 Å². The molecule has 11 nitrogen and oxygen atoms in total. The van der Waals surface area contributed by atoms with E-state index in [0.717, 1.165) is 44.3 Å². The quantitative estimate of drug-likeness (QED) is 0.105. The van der Waals surface area contributed by atoms with Gasteiger partial charge in [-0.25, -0.2) is 13.0 Å². The van der Waals surface area contributed by atoms with Gasteiger partial charge in [0.05, 0.1) is 17.7 Å². The van der Waals surface area contributed by atoms with Crippen LogP contribution < -0.4 is 4.74 Å². The highest BCUT2D eigenvalue weighted by Gasteiger charge is 2.40. The molecule has 2 heterocycles. The van der Waals surface area contributed by atoms with E-state index in [2.05, 4.69) is 58.3 Å². The fraction of sp³-hybridized carbons (Fsp3) is 0.486. The monoisotopic (exact) mass is 699 g/mol. The average Bonchev–Trinajstić information content (AvgIpc) is 3.75. The van der Waals surface area contributed by atoms with Gasteiger partial charge in [0.1, 0.15) is 6.10 Å². The maximum absolute atomic E-state index is 12.7. The summed E-state index contributed by atoms with van der Waals surface area (Å²) >= 11 is 6.15. The molecule has 1 aliphatic carbocycles. The van der Waals surface area contributed by atoms with Crippen LogP contribution in [0.5, 0.6) is 5.88 Å². The number of sulfone groups is 1. The second kappa shape index (κ2) is 17.0. The van der Waals surface area contributed by atoms with Crippen LogP contribution in [0, 0.1) is 29.1 Å². The first-order valence-electron chi connectivity index (χ1n) is 15.8. The topological polar surface area (TPSA) is 138 Å². The summed E-state index contributed by atoms with van der Waals surface area (Å²) in [6.07, 6.45) is 5.28. The third kappa shape index (κ3) is 9.58. The Labute approximate surface area is 287 Å². The van der Waals surface area contributed by atoms with Gasteiger partial charge in [-0.1, -0.05) is 67.3 Å². The zero-order chi connectivity index (χ0) is 34.7. The van der Waals surface area contributed by atoms with E-state index in [1.165, 1.54) is 17.7 Å². The van der Waals surface area contributed by atoms with E-state index in [-0.39, 0.29) is 54.3 Å². The van der Waals surface area contributed by atoms with E-state index in [1.807, 2.05) is 6.08 Å². The maximum atomic E-state index is 12.7. The van der Waals surface area contributed by atoms with Crippen molar-refractivity contribution in [2.45, 2.75) is 61.5 Å². The molecule has 2 fully saturated rings. The number of rotatable bonds is 15. The molecule has 1 aromatic heterocycles. The van der Waals surface area contributed by atoms with Gasteiger partial charge in [0.15, 0.2) is 13.2 Å². The largest absolute Gasteiger partial charge is 0.461 e. The zero-order valence-electron chi connectivity index (χ0n) is 27.2. The molecular weight excluding hydrogens is 658 g/mol. The smallest absolute Gasteiger partial charge is 0.307 e. The third-order valence-electron chi connectivity index (χ3n) is 8.99. The number of carbonyl (C=O) groups is 2. The van der Waals surface area contributed by atoms with Crippen molar-refractivity contribution in [3.63, 3.8) is 0 Å². The molecule has 48 heavy (non-hydrogen) atoms. The Hall–Kier alpha value is -3.92. The van der Waals surface area contributed by atoms with Crippen molar-refractivity contribution in [3.05, 3.63) is 67.3 Å². The molecule has 1 saturated carbocycles. The minimum absolute atomic E-state index is 0.00963. The second-order valence-corrected chi connectivity index (χ2v) is 14.4. The SMILES string of the molecule is C=C[C@]1(C)CC[C@@H](C(=C)CN2CCC(OC(=O)CCC(=O)OCC#CCOc3nonc3S(=O)(=O)c3ccccc3)C2)C[C@H]1C(=C)CCl. The molecule has 258 valence electrons. The van der Waals surface area contributed by atoms with Crippen LogP contribution in [0.25, 0.3) is 0 Å². The van der Waals surface area contributed by atoms with Crippen LogP contribution in [0.3, 0.4) is 0 Å². The van der Waals surface area contributed by atoms with Crippen LogP contribution in [0.2, 0.25) is 0 Å². The summed E-state index contributed by atoms with van der Waals surface area (Å²) in [6, 6.07) is 7.66. The molecule has 1 saturated heterocycles. The molecule has 0 amide bonds. The molecule has 4 rings (SSSR count). The van der Waals surface area contributed by atoms with Crippen molar-refractivity contribution in [2.24, 2.45) is 17.3 Å². The molecule has 4 atom stereocenters. The normalized spacial score (nSPS) is 22.6. The minimum Gasteiger partial charge on any atom is -0.461 e. The number of carbonyl (C=O) groups excluding carboxylic acids is 2. The van der Waals surface area contributed by atoms with E-state index in [4.69, 9.17) is 25.8 Å². The summed E-state index contributed by atoms with van der Waals surface area (Å²) in [5.41, 5.74) is 2.21. The highest BCUT2D eigenvalue weighted by molar-refractivity contribution is 7.91. The Morgan fingerprint density at radius 2 is 1.83 bits per heavy atom. The minimum atomic E-state index is -3.99. The van der Waals surface area contributed by atoms with E-state index < -0.39 is 26.8 Å². The first-order chi connectivity index (χ1) is 23.0. The first kappa shape index (κ1) is 36.9. The number of hydrogen-bond donors (Lipinski definition) is 0. The van der Waals surface area contributed by atoms with E-state index in [1.54, 1.807) is 18.2 Å². The molecule has 0 N–H and O–H groups in total. The van der Waals surface area contributed by atoms with Gasteiger partial charge in [0.25, 0.3) is 10.9 Å². The Morgan fingerprint density at radius 3 is 2.56 bits per heavy atom. The Balaban J connectivity index is 1.11. The van der Waals surface area contributed by atoms with Crippen LogP contribution in [0.4, 0.5) is 0 Å². The van der Waals surface area contributed by atoms with Gasteiger partial charge in [-0.3, -0.25) is 14.5 Å². The van der Waals surface area contributed by atoms with Crippen molar-refractivity contribution in [3.8, 4) is 17.7 Å².